The van der Waals surface area contributed by atoms with Gasteiger partial charge in [-0.15, -0.1) is 6.42 Å². The highest BCUT2D eigenvalue weighted by Gasteiger charge is 1.92. The van der Waals surface area contributed by atoms with E-state index in [1.54, 1.807) is 0 Å². The molecule has 2 heteroatoms. The van der Waals surface area contributed by atoms with Crippen LogP contribution in [0.5, 0.6) is 0 Å². The molecule has 0 atom stereocenters. The molecule has 0 aromatic heterocycles. The number of rotatable bonds is 6. The van der Waals surface area contributed by atoms with Crippen molar-refractivity contribution in [3.63, 3.8) is 0 Å². The first-order chi connectivity index (χ1) is 5.31. The lowest BCUT2D eigenvalue weighted by atomic mass is 10.4. The molecular weight excluding hydrogens is 136 g/mol. The lowest BCUT2D eigenvalue weighted by molar-refractivity contribution is 0.371. The molecule has 11 heavy (non-hydrogen) atoms. The van der Waals surface area contributed by atoms with Crippen LogP contribution in [0, 0.1) is 12.3 Å². The van der Waals surface area contributed by atoms with E-state index < -0.39 is 0 Å². The lowest BCUT2D eigenvalue weighted by Gasteiger charge is -2.12. The topological polar surface area (TPSA) is 15.3 Å². The van der Waals surface area contributed by atoms with E-state index in [0.717, 1.165) is 26.2 Å². The van der Waals surface area contributed by atoms with E-state index in [0.29, 0.717) is 0 Å². The summed E-state index contributed by atoms with van der Waals surface area (Å²) in [6.45, 7) is 6.08. The fourth-order valence-corrected chi connectivity index (χ4v) is 0.807. The van der Waals surface area contributed by atoms with Gasteiger partial charge in [0.15, 0.2) is 0 Å². The summed E-state index contributed by atoms with van der Waals surface area (Å²) >= 11 is 0. The molecule has 0 aliphatic carbocycles. The van der Waals surface area contributed by atoms with Gasteiger partial charge in [0.1, 0.15) is 0 Å². The van der Waals surface area contributed by atoms with Crippen molar-refractivity contribution in [3.8, 4) is 12.3 Å². The molecule has 0 saturated heterocycles. The van der Waals surface area contributed by atoms with E-state index in [-0.39, 0.29) is 0 Å². The van der Waals surface area contributed by atoms with Crippen molar-refractivity contribution in [1.29, 1.82) is 0 Å². The maximum Gasteiger partial charge on any atom is 0.0596 e. The predicted octanol–water partition coefficient (Wildman–Crippen LogP) is 0.551. The third-order valence-electron chi connectivity index (χ3n) is 1.46. The quantitative estimate of drug-likeness (QED) is 0.444. The minimum absolute atomic E-state index is 0.744. The Bertz CT molecular complexity index is 115. The van der Waals surface area contributed by atoms with Gasteiger partial charge >= 0.3 is 0 Å². The van der Waals surface area contributed by atoms with Crippen LogP contribution < -0.4 is 5.32 Å². The Morgan fingerprint density at radius 1 is 1.45 bits per heavy atom. The maximum atomic E-state index is 5.15. The van der Waals surface area contributed by atoms with Crippen LogP contribution in [-0.2, 0) is 0 Å². The highest BCUT2D eigenvalue weighted by atomic mass is 15.1. The van der Waals surface area contributed by atoms with Gasteiger partial charge in [-0.25, -0.2) is 0 Å². The van der Waals surface area contributed by atoms with Gasteiger partial charge < -0.3 is 5.32 Å². The fourth-order valence-electron chi connectivity index (χ4n) is 0.807. The Kier molecular flexibility index (Phi) is 7.23. The van der Waals surface area contributed by atoms with Crippen LogP contribution in [0.1, 0.15) is 13.3 Å². The van der Waals surface area contributed by atoms with Crippen molar-refractivity contribution < 1.29 is 0 Å². The summed E-state index contributed by atoms with van der Waals surface area (Å²) in [5.74, 6) is 2.61. The van der Waals surface area contributed by atoms with Crippen LogP contribution in [-0.4, -0.2) is 38.1 Å². The van der Waals surface area contributed by atoms with E-state index in [1.165, 1.54) is 6.42 Å². The van der Waals surface area contributed by atoms with Gasteiger partial charge in [0.25, 0.3) is 0 Å². The van der Waals surface area contributed by atoms with Gasteiger partial charge in [0.2, 0.25) is 0 Å². The van der Waals surface area contributed by atoms with Crippen molar-refractivity contribution in [2.75, 3.05) is 33.2 Å². The second kappa shape index (κ2) is 7.59. The Morgan fingerprint density at radius 2 is 2.18 bits per heavy atom. The fraction of sp³-hybridized carbons (Fsp3) is 0.778. The number of terminal acetylenes is 1. The zero-order valence-corrected chi connectivity index (χ0v) is 7.56. The summed E-state index contributed by atoms with van der Waals surface area (Å²) < 4.78 is 0. The summed E-state index contributed by atoms with van der Waals surface area (Å²) in [5.41, 5.74) is 0. The van der Waals surface area contributed by atoms with Crippen LogP contribution in [0.3, 0.4) is 0 Å². The van der Waals surface area contributed by atoms with E-state index in [1.807, 2.05) is 7.05 Å². The Balaban J connectivity index is 3.05. The van der Waals surface area contributed by atoms with E-state index in [4.69, 9.17) is 6.42 Å². The number of nitrogens with one attached hydrogen (secondary N) is 1. The maximum absolute atomic E-state index is 5.15. The van der Waals surface area contributed by atoms with Crippen LogP contribution in [0.4, 0.5) is 0 Å². The van der Waals surface area contributed by atoms with E-state index in [9.17, 15) is 0 Å². The molecule has 0 aliphatic heterocycles. The molecule has 0 heterocycles. The average molecular weight is 154 g/mol. The Morgan fingerprint density at radius 3 is 2.73 bits per heavy atom. The molecular formula is C9H18N2. The molecule has 0 unspecified atom stereocenters. The lowest BCUT2D eigenvalue weighted by Crippen LogP contribution is -2.29. The Hall–Kier alpha value is -0.520. The molecule has 64 valence electrons. The first kappa shape index (κ1) is 10.5. The van der Waals surface area contributed by atoms with Crippen molar-refractivity contribution in [2.24, 2.45) is 0 Å². The molecule has 0 fully saturated rings. The highest BCUT2D eigenvalue weighted by molar-refractivity contribution is 4.87. The third-order valence-corrected chi connectivity index (χ3v) is 1.46. The second-order valence-electron chi connectivity index (χ2n) is 2.69. The zero-order valence-electron chi connectivity index (χ0n) is 7.56. The van der Waals surface area contributed by atoms with Gasteiger partial charge in [-0.05, 0) is 20.0 Å². The monoisotopic (exact) mass is 154 g/mol. The largest absolute Gasteiger partial charge is 0.315 e. The van der Waals surface area contributed by atoms with Crippen LogP contribution >= 0.6 is 0 Å². The number of nitrogens with zero attached hydrogens (tertiary/aromatic N) is 1. The summed E-state index contributed by atoms with van der Waals surface area (Å²) in [4.78, 5) is 2.13. The SMILES string of the molecule is C#CCN(C)CCNCCC. The van der Waals surface area contributed by atoms with Gasteiger partial charge in [0.05, 0.1) is 6.54 Å². The predicted molar refractivity (Wildman–Crippen MR) is 49.5 cm³/mol. The minimum atomic E-state index is 0.744. The van der Waals surface area contributed by atoms with Crippen LogP contribution in [0.25, 0.3) is 0 Å². The van der Waals surface area contributed by atoms with Gasteiger partial charge in [-0.1, -0.05) is 12.8 Å². The Labute approximate surface area is 70.0 Å². The first-order valence-corrected chi connectivity index (χ1v) is 4.14. The van der Waals surface area contributed by atoms with Crippen molar-refractivity contribution in [1.82, 2.24) is 10.2 Å². The molecule has 0 spiro atoms. The van der Waals surface area contributed by atoms with Crippen molar-refractivity contribution in [3.05, 3.63) is 0 Å². The summed E-state index contributed by atoms with van der Waals surface area (Å²) in [6.07, 6.45) is 6.34. The van der Waals surface area contributed by atoms with E-state index in [2.05, 4.69) is 23.1 Å². The zero-order chi connectivity index (χ0) is 8.53. The normalized spacial score (nSPS) is 10.0. The van der Waals surface area contributed by atoms with E-state index >= 15 is 0 Å². The van der Waals surface area contributed by atoms with Gasteiger partial charge in [-0.2, -0.15) is 0 Å². The first-order valence-electron chi connectivity index (χ1n) is 4.14. The molecule has 1 N–H and O–H groups in total. The van der Waals surface area contributed by atoms with Gasteiger partial charge in [0, 0.05) is 13.1 Å². The second-order valence-corrected chi connectivity index (χ2v) is 2.69. The van der Waals surface area contributed by atoms with Gasteiger partial charge in [-0.3, -0.25) is 4.90 Å². The van der Waals surface area contributed by atoms with Crippen molar-refractivity contribution >= 4 is 0 Å². The molecule has 0 aromatic rings. The number of hydrogen-bond acceptors (Lipinski definition) is 2. The summed E-state index contributed by atoms with van der Waals surface area (Å²) in [6, 6.07) is 0. The van der Waals surface area contributed by atoms with Crippen LogP contribution in [0.15, 0.2) is 0 Å². The summed E-state index contributed by atoms with van der Waals surface area (Å²) in [5, 5.41) is 3.31. The van der Waals surface area contributed by atoms with Crippen LogP contribution in [0.2, 0.25) is 0 Å². The number of likely N-dealkylation sites (N-methyl/N-ethyl adjacent to an activating group) is 1. The molecule has 0 saturated carbocycles. The third kappa shape index (κ3) is 7.38. The molecule has 0 rings (SSSR count). The van der Waals surface area contributed by atoms with Crippen molar-refractivity contribution in [2.45, 2.75) is 13.3 Å². The smallest absolute Gasteiger partial charge is 0.0596 e. The standard InChI is InChI=1S/C9H18N2/c1-4-6-10-7-9-11(3)8-5-2/h2,10H,4,6-9H2,1,3H3. The average Bonchev–Trinajstić information content (AvgIpc) is 1.99. The minimum Gasteiger partial charge on any atom is -0.315 e. The molecule has 2 nitrogen and oxygen atoms in total. The highest BCUT2D eigenvalue weighted by Crippen LogP contribution is 1.78. The molecule has 0 bridgehead atoms. The molecule has 0 aliphatic rings. The summed E-state index contributed by atoms with van der Waals surface area (Å²) in [7, 11) is 2.04. The number of hydrogen-bond donors (Lipinski definition) is 1. The molecule has 0 amide bonds. The molecule has 0 aromatic carbocycles. The molecule has 0 radical (unpaired) electrons.